The van der Waals surface area contributed by atoms with Crippen LogP contribution < -0.4 is 5.32 Å². The molecular weight excluding hydrogens is 319 g/mol. The molecule has 0 bridgehead atoms. The molecule has 1 N–H and O–H groups in total. The molecule has 0 aliphatic heterocycles. The molecule has 7 heteroatoms. The number of rotatable bonds is 3. The molecule has 0 fully saturated rings. The molecule has 23 heavy (non-hydrogen) atoms. The zero-order chi connectivity index (χ0) is 16.4. The van der Waals surface area contributed by atoms with Gasteiger partial charge in [0.25, 0.3) is 5.91 Å². The van der Waals surface area contributed by atoms with E-state index in [9.17, 15) is 9.18 Å². The standard InChI is InChI=1S/C16H12ClFN4O/c1-10-19-15(16(23)20-13-6-3-5-12(18)9-13)21-22(10)14-7-2-4-11(17)8-14/h2-9H,1H3,(H,20,23). The lowest BCUT2D eigenvalue weighted by atomic mass is 10.3. The molecule has 0 aliphatic rings. The Labute approximate surface area is 136 Å². The first-order valence-electron chi connectivity index (χ1n) is 6.79. The highest BCUT2D eigenvalue weighted by atomic mass is 35.5. The summed E-state index contributed by atoms with van der Waals surface area (Å²) in [6, 6.07) is 12.7. The second kappa shape index (κ2) is 6.18. The van der Waals surface area contributed by atoms with Gasteiger partial charge in [0.2, 0.25) is 5.82 Å². The Morgan fingerprint density at radius 2 is 2.00 bits per heavy atom. The molecule has 0 spiro atoms. The highest BCUT2D eigenvalue weighted by molar-refractivity contribution is 6.30. The molecule has 1 amide bonds. The maximum absolute atomic E-state index is 13.1. The Balaban J connectivity index is 1.87. The molecule has 0 saturated carbocycles. The van der Waals surface area contributed by atoms with Gasteiger partial charge in [-0.25, -0.2) is 14.1 Å². The first kappa shape index (κ1) is 15.2. The van der Waals surface area contributed by atoms with Crippen molar-refractivity contribution in [2.24, 2.45) is 0 Å². The smallest absolute Gasteiger partial charge is 0.295 e. The van der Waals surface area contributed by atoms with Crippen LogP contribution in [-0.4, -0.2) is 20.7 Å². The minimum Gasteiger partial charge on any atom is -0.319 e. The maximum atomic E-state index is 13.1. The average molecular weight is 331 g/mol. The van der Waals surface area contributed by atoms with E-state index in [0.29, 0.717) is 22.2 Å². The molecule has 5 nitrogen and oxygen atoms in total. The summed E-state index contributed by atoms with van der Waals surface area (Å²) in [5.41, 5.74) is 1.04. The topological polar surface area (TPSA) is 59.8 Å². The van der Waals surface area contributed by atoms with Crippen LogP contribution in [0.3, 0.4) is 0 Å². The zero-order valence-corrected chi connectivity index (χ0v) is 12.9. The molecule has 116 valence electrons. The SMILES string of the molecule is Cc1nc(C(=O)Nc2cccc(F)c2)nn1-c1cccc(Cl)c1. The monoisotopic (exact) mass is 330 g/mol. The van der Waals surface area contributed by atoms with E-state index in [4.69, 9.17) is 11.6 Å². The van der Waals surface area contributed by atoms with Gasteiger partial charge >= 0.3 is 0 Å². The zero-order valence-electron chi connectivity index (χ0n) is 12.1. The fraction of sp³-hybridized carbons (Fsp3) is 0.0625. The Bertz CT molecular complexity index is 878. The predicted octanol–water partition coefficient (Wildman–Crippen LogP) is 3.62. The molecule has 1 aromatic heterocycles. The van der Waals surface area contributed by atoms with Crippen molar-refractivity contribution in [2.45, 2.75) is 6.92 Å². The summed E-state index contributed by atoms with van der Waals surface area (Å²) in [4.78, 5) is 16.3. The number of aryl methyl sites for hydroxylation is 1. The lowest BCUT2D eigenvalue weighted by molar-refractivity contribution is 0.101. The maximum Gasteiger partial charge on any atom is 0.295 e. The number of hydrogen-bond donors (Lipinski definition) is 1. The molecule has 2 aromatic carbocycles. The van der Waals surface area contributed by atoms with E-state index in [1.165, 1.54) is 22.9 Å². The van der Waals surface area contributed by atoms with Crippen LogP contribution in [0, 0.1) is 12.7 Å². The van der Waals surface area contributed by atoms with Crippen LogP contribution in [0.15, 0.2) is 48.5 Å². The van der Waals surface area contributed by atoms with Crippen LogP contribution in [0.4, 0.5) is 10.1 Å². The highest BCUT2D eigenvalue weighted by Gasteiger charge is 2.15. The van der Waals surface area contributed by atoms with Gasteiger partial charge < -0.3 is 5.32 Å². The van der Waals surface area contributed by atoms with Crippen molar-refractivity contribution in [1.82, 2.24) is 14.8 Å². The average Bonchev–Trinajstić information content (AvgIpc) is 2.89. The summed E-state index contributed by atoms with van der Waals surface area (Å²) in [6.45, 7) is 1.73. The molecular formula is C16H12ClFN4O. The second-order valence-electron chi connectivity index (χ2n) is 4.84. The summed E-state index contributed by atoms with van der Waals surface area (Å²) in [6.07, 6.45) is 0. The van der Waals surface area contributed by atoms with E-state index in [1.807, 2.05) is 6.07 Å². The van der Waals surface area contributed by atoms with Gasteiger partial charge in [0, 0.05) is 10.7 Å². The number of amides is 1. The molecule has 1 heterocycles. The Morgan fingerprint density at radius 1 is 1.22 bits per heavy atom. The fourth-order valence-electron chi connectivity index (χ4n) is 2.09. The van der Waals surface area contributed by atoms with Crippen molar-refractivity contribution >= 4 is 23.2 Å². The van der Waals surface area contributed by atoms with Gasteiger partial charge in [0.05, 0.1) is 5.69 Å². The van der Waals surface area contributed by atoms with Crippen molar-refractivity contribution in [3.05, 3.63) is 71.0 Å². The van der Waals surface area contributed by atoms with Crippen LogP contribution >= 0.6 is 11.6 Å². The third-order valence-corrected chi connectivity index (χ3v) is 3.34. The van der Waals surface area contributed by atoms with Crippen LogP contribution in [0.5, 0.6) is 0 Å². The summed E-state index contributed by atoms with van der Waals surface area (Å²) in [5, 5.41) is 7.30. The number of benzene rings is 2. The van der Waals surface area contributed by atoms with Gasteiger partial charge in [-0.2, -0.15) is 0 Å². The normalized spacial score (nSPS) is 10.6. The van der Waals surface area contributed by atoms with E-state index in [-0.39, 0.29) is 5.82 Å². The van der Waals surface area contributed by atoms with Crippen molar-refractivity contribution in [2.75, 3.05) is 5.32 Å². The number of nitrogens with one attached hydrogen (secondary N) is 1. The lowest BCUT2D eigenvalue weighted by Gasteiger charge is -2.03. The largest absolute Gasteiger partial charge is 0.319 e. The van der Waals surface area contributed by atoms with Crippen molar-refractivity contribution < 1.29 is 9.18 Å². The molecule has 0 saturated heterocycles. The van der Waals surface area contributed by atoms with Gasteiger partial charge in [0.1, 0.15) is 11.6 Å². The Kier molecular flexibility index (Phi) is 4.08. The third kappa shape index (κ3) is 3.37. The molecule has 0 unspecified atom stereocenters. The Morgan fingerprint density at radius 3 is 2.74 bits per heavy atom. The minimum absolute atomic E-state index is 0.00765. The molecule has 0 atom stereocenters. The van der Waals surface area contributed by atoms with Gasteiger partial charge in [-0.1, -0.05) is 23.7 Å². The predicted molar refractivity (Wildman–Crippen MR) is 85.5 cm³/mol. The third-order valence-electron chi connectivity index (χ3n) is 3.11. The van der Waals surface area contributed by atoms with Crippen LogP contribution in [-0.2, 0) is 0 Å². The summed E-state index contributed by atoms with van der Waals surface area (Å²) < 4.78 is 14.7. The number of halogens is 2. The van der Waals surface area contributed by atoms with Gasteiger partial charge in [-0.05, 0) is 43.3 Å². The first-order valence-corrected chi connectivity index (χ1v) is 7.17. The first-order chi connectivity index (χ1) is 11.0. The van der Waals surface area contributed by atoms with E-state index in [0.717, 1.165) is 0 Å². The molecule has 3 aromatic rings. The van der Waals surface area contributed by atoms with Crippen LogP contribution in [0.1, 0.15) is 16.4 Å². The quantitative estimate of drug-likeness (QED) is 0.798. The molecule has 0 aliphatic carbocycles. The number of aromatic nitrogens is 3. The van der Waals surface area contributed by atoms with E-state index in [1.54, 1.807) is 31.2 Å². The lowest BCUT2D eigenvalue weighted by Crippen LogP contribution is -2.14. The summed E-state index contributed by atoms with van der Waals surface area (Å²) >= 11 is 5.96. The molecule has 0 radical (unpaired) electrons. The number of carbonyl (C=O) groups excluding carboxylic acids is 1. The van der Waals surface area contributed by atoms with Crippen LogP contribution in [0.25, 0.3) is 5.69 Å². The number of nitrogens with zero attached hydrogens (tertiary/aromatic N) is 3. The highest BCUT2D eigenvalue weighted by Crippen LogP contribution is 2.16. The second-order valence-corrected chi connectivity index (χ2v) is 5.28. The number of anilines is 1. The summed E-state index contributed by atoms with van der Waals surface area (Å²) in [7, 11) is 0. The van der Waals surface area contributed by atoms with Crippen molar-refractivity contribution in [3.63, 3.8) is 0 Å². The Hall–Kier alpha value is -2.73. The number of hydrogen-bond acceptors (Lipinski definition) is 3. The van der Waals surface area contributed by atoms with Gasteiger partial charge in [0.15, 0.2) is 0 Å². The van der Waals surface area contributed by atoms with Crippen molar-refractivity contribution in [1.29, 1.82) is 0 Å². The van der Waals surface area contributed by atoms with E-state index < -0.39 is 11.7 Å². The van der Waals surface area contributed by atoms with Gasteiger partial charge in [-0.3, -0.25) is 4.79 Å². The van der Waals surface area contributed by atoms with Crippen LogP contribution in [0.2, 0.25) is 5.02 Å². The fourth-order valence-corrected chi connectivity index (χ4v) is 2.28. The van der Waals surface area contributed by atoms with E-state index >= 15 is 0 Å². The van der Waals surface area contributed by atoms with E-state index in [2.05, 4.69) is 15.4 Å². The van der Waals surface area contributed by atoms with Gasteiger partial charge in [-0.15, -0.1) is 5.10 Å². The summed E-state index contributed by atoms with van der Waals surface area (Å²) in [5.74, 6) is -0.417. The molecule has 3 rings (SSSR count). The number of carbonyl (C=O) groups is 1. The van der Waals surface area contributed by atoms with Crippen molar-refractivity contribution in [3.8, 4) is 5.69 Å². The minimum atomic E-state index is -0.514.